The Morgan fingerprint density at radius 1 is 1.26 bits per heavy atom. The number of pyridine rings is 1. The molecule has 3 aromatic rings. The van der Waals surface area contributed by atoms with Crippen LogP contribution in [0.2, 0.25) is 0 Å². The number of ether oxygens (including phenoxy) is 1. The third-order valence-electron chi connectivity index (χ3n) is 4.65. The molecule has 1 aromatic heterocycles. The Kier molecular flexibility index (Phi) is 6.48. The highest BCUT2D eigenvalue weighted by Crippen LogP contribution is 2.27. The van der Waals surface area contributed by atoms with E-state index >= 15 is 0 Å². The van der Waals surface area contributed by atoms with E-state index in [4.69, 9.17) is 4.74 Å². The Morgan fingerprint density at radius 2 is 1.97 bits per heavy atom. The molecule has 2 aromatic carbocycles. The lowest BCUT2D eigenvalue weighted by molar-refractivity contribution is -0.117. The molecule has 0 saturated heterocycles. The van der Waals surface area contributed by atoms with E-state index in [0.717, 1.165) is 6.08 Å². The second kappa shape index (κ2) is 9.41. The van der Waals surface area contributed by atoms with Crippen LogP contribution in [0.1, 0.15) is 18.1 Å². The van der Waals surface area contributed by atoms with Crippen LogP contribution in [0.4, 0.5) is 0 Å². The van der Waals surface area contributed by atoms with Crippen molar-refractivity contribution in [3.8, 4) is 17.6 Å². The topological polar surface area (TPSA) is 117 Å². The Morgan fingerprint density at radius 3 is 2.61 bits per heavy atom. The van der Waals surface area contributed by atoms with Gasteiger partial charge >= 0.3 is 0 Å². The monoisotopic (exact) mass is 416 g/mol. The highest BCUT2D eigenvalue weighted by atomic mass is 16.5. The van der Waals surface area contributed by atoms with Gasteiger partial charge in [-0.2, -0.15) is 10.4 Å². The maximum atomic E-state index is 12.8. The van der Waals surface area contributed by atoms with Crippen LogP contribution in [0.15, 0.2) is 64.0 Å². The lowest BCUT2D eigenvalue weighted by Crippen LogP contribution is -2.23. The summed E-state index contributed by atoms with van der Waals surface area (Å²) in [6, 6.07) is 15.6. The van der Waals surface area contributed by atoms with Crippen molar-refractivity contribution in [1.82, 2.24) is 9.99 Å². The number of hydrazone groups is 1. The number of nitriles is 1. The number of carbonyl (C=O) groups is 1. The number of nitrogens with zero attached hydrogens (tertiary/aromatic N) is 3. The second-order valence-corrected chi connectivity index (χ2v) is 6.47. The normalized spacial score (nSPS) is 11.5. The molecule has 1 amide bonds. The standard InChI is InChI=1S/C23H20N4O4/c1-3-27-20-7-5-4-6-18(20)21(28)19(23(27)30)12-16(13-24)22(29)26-25-14-15-8-10-17(31-2)11-9-15/h4-12,14,28H,3H2,1-2H3,(H,26,29)/b16-12-,25-14+. The molecule has 8 nitrogen and oxygen atoms in total. The molecule has 1 heterocycles. The zero-order valence-corrected chi connectivity index (χ0v) is 17.0. The zero-order chi connectivity index (χ0) is 22.4. The van der Waals surface area contributed by atoms with Crippen LogP contribution in [-0.4, -0.2) is 28.9 Å². The van der Waals surface area contributed by atoms with Gasteiger partial charge in [-0.1, -0.05) is 12.1 Å². The number of methoxy groups -OCH3 is 1. The summed E-state index contributed by atoms with van der Waals surface area (Å²) in [6.07, 6.45) is 2.48. The molecular weight excluding hydrogens is 396 g/mol. The van der Waals surface area contributed by atoms with Crippen molar-refractivity contribution in [2.45, 2.75) is 13.5 Å². The molecule has 0 aliphatic rings. The Labute approximate surface area is 178 Å². The number of carbonyl (C=O) groups excluding carboxylic acids is 1. The summed E-state index contributed by atoms with van der Waals surface area (Å²) >= 11 is 0. The van der Waals surface area contributed by atoms with Crippen LogP contribution in [-0.2, 0) is 11.3 Å². The Balaban J connectivity index is 1.91. The fourth-order valence-corrected chi connectivity index (χ4v) is 3.06. The molecule has 8 heteroatoms. The number of amides is 1. The number of hydrogen-bond acceptors (Lipinski definition) is 6. The van der Waals surface area contributed by atoms with E-state index < -0.39 is 11.5 Å². The van der Waals surface area contributed by atoms with Crippen molar-refractivity contribution in [1.29, 1.82) is 5.26 Å². The molecule has 2 N–H and O–H groups in total. The number of rotatable bonds is 6. The summed E-state index contributed by atoms with van der Waals surface area (Å²) in [5.41, 5.74) is 2.53. The van der Waals surface area contributed by atoms with Crippen molar-refractivity contribution >= 4 is 29.1 Å². The Bertz CT molecular complexity index is 1280. The number of aryl methyl sites for hydroxylation is 1. The number of hydrogen-bond donors (Lipinski definition) is 2. The summed E-state index contributed by atoms with van der Waals surface area (Å²) < 4.78 is 6.54. The fourth-order valence-electron chi connectivity index (χ4n) is 3.06. The minimum absolute atomic E-state index is 0.133. The lowest BCUT2D eigenvalue weighted by Gasteiger charge is -2.12. The first kappa shape index (κ1) is 21.3. The number of aromatic hydroxyl groups is 1. The van der Waals surface area contributed by atoms with Crippen molar-refractivity contribution in [3.63, 3.8) is 0 Å². The van der Waals surface area contributed by atoms with Gasteiger partial charge in [0.25, 0.3) is 11.5 Å². The maximum absolute atomic E-state index is 12.8. The SMILES string of the molecule is CCn1c(=O)c(/C=C(/C#N)C(=O)N/N=C/c2ccc(OC)cc2)c(O)c2ccccc21. The van der Waals surface area contributed by atoms with Crippen molar-refractivity contribution < 1.29 is 14.6 Å². The molecule has 0 saturated carbocycles. The van der Waals surface area contributed by atoms with Gasteiger partial charge in [0, 0.05) is 11.9 Å². The highest BCUT2D eigenvalue weighted by Gasteiger charge is 2.17. The lowest BCUT2D eigenvalue weighted by atomic mass is 10.1. The van der Waals surface area contributed by atoms with Crippen LogP contribution in [0.5, 0.6) is 11.5 Å². The summed E-state index contributed by atoms with van der Waals surface area (Å²) in [7, 11) is 1.56. The van der Waals surface area contributed by atoms with Gasteiger partial charge in [-0.05, 0) is 55.0 Å². The van der Waals surface area contributed by atoms with Crippen molar-refractivity contribution in [2.75, 3.05) is 7.11 Å². The number of aromatic nitrogens is 1. The molecule has 156 valence electrons. The number of benzene rings is 2. The van der Waals surface area contributed by atoms with Crippen LogP contribution in [0.3, 0.4) is 0 Å². The Hall–Kier alpha value is -4.38. The van der Waals surface area contributed by atoms with E-state index in [1.165, 1.54) is 10.8 Å². The third kappa shape index (κ3) is 4.46. The smallest absolute Gasteiger partial charge is 0.282 e. The fraction of sp³-hybridized carbons (Fsp3) is 0.130. The molecule has 0 spiro atoms. The largest absolute Gasteiger partial charge is 0.506 e. The molecule has 0 unspecified atom stereocenters. The van der Waals surface area contributed by atoms with Crippen LogP contribution in [0.25, 0.3) is 17.0 Å². The average Bonchev–Trinajstić information content (AvgIpc) is 2.80. The number of nitrogens with one attached hydrogen (secondary N) is 1. The van der Waals surface area contributed by atoms with Gasteiger partial charge in [-0.15, -0.1) is 0 Å². The van der Waals surface area contributed by atoms with Crippen molar-refractivity contribution in [2.24, 2.45) is 5.10 Å². The molecule has 0 bridgehead atoms. The second-order valence-electron chi connectivity index (χ2n) is 6.47. The van der Waals surface area contributed by atoms with Gasteiger partial charge in [0.15, 0.2) is 0 Å². The first-order chi connectivity index (χ1) is 15.0. The summed E-state index contributed by atoms with van der Waals surface area (Å²) in [4.78, 5) is 25.2. The molecule has 0 fully saturated rings. The predicted octanol–water partition coefficient (Wildman–Crippen LogP) is 2.79. The predicted molar refractivity (Wildman–Crippen MR) is 118 cm³/mol. The van der Waals surface area contributed by atoms with E-state index in [-0.39, 0.29) is 16.9 Å². The number of fused-ring (bicyclic) bond motifs is 1. The van der Waals surface area contributed by atoms with Gasteiger partial charge in [0.2, 0.25) is 0 Å². The molecule has 31 heavy (non-hydrogen) atoms. The van der Waals surface area contributed by atoms with E-state index in [2.05, 4.69) is 10.5 Å². The zero-order valence-electron chi connectivity index (χ0n) is 17.0. The summed E-state index contributed by atoms with van der Waals surface area (Å²) in [6.45, 7) is 2.16. The summed E-state index contributed by atoms with van der Waals surface area (Å²) in [5, 5.41) is 24.3. The van der Waals surface area contributed by atoms with Gasteiger partial charge in [-0.3, -0.25) is 9.59 Å². The molecule has 3 rings (SSSR count). The van der Waals surface area contributed by atoms with Crippen LogP contribution >= 0.6 is 0 Å². The van der Waals surface area contributed by atoms with Gasteiger partial charge < -0.3 is 14.4 Å². The van der Waals surface area contributed by atoms with E-state index in [1.54, 1.807) is 68.6 Å². The van der Waals surface area contributed by atoms with E-state index in [1.807, 2.05) is 0 Å². The first-order valence-electron chi connectivity index (χ1n) is 9.43. The molecule has 0 aliphatic carbocycles. The van der Waals surface area contributed by atoms with E-state index in [9.17, 15) is 20.0 Å². The minimum Gasteiger partial charge on any atom is -0.506 e. The molecular formula is C23H20N4O4. The van der Waals surface area contributed by atoms with Gasteiger partial charge in [-0.25, -0.2) is 5.43 Å². The van der Waals surface area contributed by atoms with Crippen LogP contribution in [0, 0.1) is 11.3 Å². The van der Waals surface area contributed by atoms with E-state index in [0.29, 0.717) is 28.8 Å². The van der Waals surface area contributed by atoms with Crippen LogP contribution < -0.4 is 15.7 Å². The number of para-hydroxylation sites is 1. The first-order valence-corrected chi connectivity index (χ1v) is 9.43. The third-order valence-corrected chi connectivity index (χ3v) is 4.65. The minimum atomic E-state index is -0.803. The van der Waals surface area contributed by atoms with Gasteiger partial charge in [0.1, 0.15) is 23.1 Å². The molecule has 0 atom stereocenters. The summed E-state index contributed by atoms with van der Waals surface area (Å²) in [5.74, 6) is -0.404. The molecule has 0 aliphatic heterocycles. The quantitative estimate of drug-likeness (QED) is 0.277. The molecule has 0 radical (unpaired) electrons. The van der Waals surface area contributed by atoms with Crippen molar-refractivity contribution in [3.05, 3.63) is 75.6 Å². The average molecular weight is 416 g/mol. The highest BCUT2D eigenvalue weighted by molar-refractivity contribution is 6.03. The maximum Gasteiger partial charge on any atom is 0.282 e. The van der Waals surface area contributed by atoms with Gasteiger partial charge in [0.05, 0.1) is 24.4 Å².